The molecule has 0 bridgehead atoms. The van der Waals surface area contributed by atoms with E-state index in [0.29, 0.717) is 16.8 Å². The van der Waals surface area contributed by atoms with E-state index in [-0.39, 0.29) is 11.3 Å². The van der Waals surface area contributed by atoms with Gasteiger partial charge in [-0.15, -0.1) is 0 Å². The Labute approximate surface area is 189 Å². The van der Waals surface area contributed by atoms with Gasteiger partial charge in [0.1, 0.15) is 11.6 Å². The predicted molar refractivity (Wildman–Crippen MR) is 122 cm³/mol. The molecule has 0 aliphatic rings. The lowest BCUT2D eigenvalue weighted by molar-refractivity contribution is -0.137. The average molecular weight is 453 g/mol. The van der Waals surface area contributed by atoms with Crippen molar-refractivity contribution in [2.24, 2.45) is 7.05 Å². The molecule has 1 aromatic heterocycles. The first kappa shape index (κ1) is 23.5. The molecule has 1 heterocycles. The third-order valence-corrected chi connectivity index (χ3v) is 5.40. The number of carbonyl (C=O) groups is 2. The van der Waals surface area contributed by atoms with E-state index in [1.54, 1.807) is 19.1 Å². The van der Waals surface area contributed by atoms with Gasteiger partial charge in [0.25, 0.3) is 5.56 Å². The number of aryl methyl sites for hydroxylation is 2. The standard InChI is InChI=1S/C24H24FN3O5/c1-13-6-4-5-7-16(13)17-11-15(8-9-18(17)25)19(12-21(30)31)26-24(33)27-22-20(29)10-14(2)28(3)23(22)32/h4-11,19,29H,12H2,1-3H3,(H,30,31)(H2,26,27,33)/t19-/m0/s1. The summed E-state index contributed by atoms with van der Waals surface area (Å²) in [6.07, 6.45) is -0.482. The topological polar surface area (TPSA) is 121 Å². The van der Waals surface area contributed by atoms with Gasteiger partial charge >= 0.3 is 12.0 Å². The van der Waals surface area contributed by atoms with Gasteiger partial charge in [-0.1, -0.05) is 30.3 Å². The van der Waals surface area contributed by atoms with Crippen LogP contribution in [0.5, 0.6) is 5.75 Å². The van der Waals surface area contributed by atoms with Gasteiger partial charge in [0.15, 0.2) is 5.69 Å². The highest BCUT2D eigenvalue weighted by atomic mass is 19.1. The van der Waals surface area contributed by atoms with Crippen molar-refractivity contribution in [1.82, 2.24) is 9.88 Å². The molecule has 0 fully saturated rings. The maximum Gasteiger partial charge on any atom is 0.319 e. The Kier molecular flexibility index (Phi) is 6.81. The maximum atomic E-state index is 14.6. The second-order valence-electron chi connectivity index (χ2n) is 7.71. The monoisotopic (exact) mass is 453 g/mol. The van der Waals surface area contributed by atoms with Crippen LogP contribution in [-0.4, -0.2) is 26.8 Å². The minimum atomic E-state index is -1.18. The van der Waals surface area contributed by atoms with E-state index in [9.17, 15) is 29.0 Å². The Balaban J connectivity index is 1.93. The number of aliphatic carboxylic acids is 1. The molecule has 9 heteroatoms. The van der Waals surface area contributed by atoms with Crippen LogP contribution < -0.4 is 16.2 Å². The minimum Gasteiger partial charge on any atom is -0.505 e. The van der Waals surface area contributed by atoms with Gasteiger partial charge in [-0.2, -0.15) is 0 Å². The normalized spacial score (nSPS) is 11.6. The molecule has 33 heavy (non-hydrogen) atoms. The molecule has 0 saturated carbocycles. The zero-order valence-corrected chi connectivity index (χ0v) is 18.3. The summed E-state index contributed by atoms with van der Waals surface area (Å²) in [5, 5.41) is 24.2. The van der Waals surface area contributed by atoms with Crippen molar-refractivity contribution in [3.8, 4) is 16.9 Å². The molecular weight excluding hydrogens is 429 g/mol. The molecule has 0 unspecified atom stereocenters. The molecule has 3 aromatic rings. The van der Waals surface area contributed by atoms with Gasteiger partial charge in [0, 0.05) is 24.4 Å². The molecule has 0 radical (unpaired) electrons. The highest BCUT2D eigenvalue weighted by molar-refractivity contribution is 5.91. The summed E-state index contributed by atoms with van der Waals surface area (Å²) in [4.78, 5) is 36.4. The number of aromatic hydroxyl groups is 1. The molecule has 0 spiro atoms. The van der Waals surface area contributed by atoms with Crippen molar-refractivity contribution in [1.29, 1.82) is 0 Å². The highest BCUT2D eigenvalue weighted by Crippen LogP contribution is 2.30. The van der Waals surface area contributed by atoms with Gasteiger partial charge in [-0.05, 0) is 42.7 Å². The van der Waals surface area contributed by atoms with Crippen LogP contribution in [0, 0.1) is 19.7 Å². The van der Waals surface area contributed by atoms with Gasteiger partial charge in [-0.25, -0.2) is 9.18 Å². The predicted octanol–water partition coefficient (Wildman–Crippen LogP) is 3.85. The number of carboxylic acid groups (broad SMARTS) is 1. The van der Waals surface area contributed by atoms with E-state index in [1.165, 1.54) is 35.9 Å². The van der Waals surface area contributed by atoms with Crippen LogP contribution in [0.15, 0.2) is 53.3 Å². The number of nitrogens with one attached hydrogen (secondary N) is 2. The summed E-state index contributed by atoms with van der Waals surface area (Å²) >= 11 is 0. The number of pyridine rings is 1. The maximum absolute atomic E-state index is 14.6. The molecule has 3 rings (SSSR count). The molecule has 1 atom stereocenters. The molecule has 172 valence electrons. The number of carbonyl (C=O) groups excluding carboxylic acids is 1. The molecule has 4 N–H and O–H groups in total. The number of carboxylic acids is 1. The summed E-state index contributed by atoms with van der Waals surface area (Å²) < 4.78 is 15.8. The average Bonchev–Trinajstić information content (AvgIpc) is 2.75. The molecular formula is C24H24FN3O5. The number of rotatable bonds is 6. The Hall–Kier alpha value is -4.14. The molecule has 0 aliphatic heterocycles. The van der Waals surface area contributed by atoms with Crippen LogP contribution in [0.3, 0.4) is 0 Å². The van der Waals surface area contributed by atoms with Crippen LogP contribution in [0.2, 0.25) is 0 Å². The van der Waals surface area contributed by atoms with Crippen LogP contribution in [0.1, 0.15) is 29.3 Å². The molecule has 8 nitrogen and oxygen atoms in total. The van der Waals surface area contributed by atoms with Crippen LogP contribution in [-0.2, 0) is 11.8 Å². The molecule has 0 saturated heterocycles. The second-order valence-corrected chi connectivity index (χ2v) is 7.71. The Morgan fingerprint density at radius 3 is 2.45 bits per heavy atom. The van der Waals surface area contributed by atoms with E-state index < -0.39 is 41.6 Å². The number of halogens is 1. The van der Waals surface area contributed by atoms with Crippen molar-refractivity contribution in [2.75, 3.05) is 5.32 Å². The summed E-state index contributed by atoms with van der Waals surface area (Å²) in [5.74, 6) is -2.08. The summed E-state index contributed by atoms with van der Waals surface area (Å²) in [6, 6.07) is 10.7. The van der Waals surface area contributed by atoms with Crippen LogP contribution in [0.4, 0.5) is 14.9 Å². The number of hydrogen-bond donors (Lipinski definition) is 4. The van der Waals surface area contributed by atoms with Gasteiger partial charge in [-0.3, -0.25) is 9.59 Å². The van der Waals surface area contributed by atoms with Gasteiger partial charge < -0.3 is 25.4 Å². The first-order chi connectivity index (χ1) is 15.6. The minimum absolute atomic E-state index is 0.272. The Bertz CT molecular complexity index is 1290. The fourth-order valence-corrected chi connectivity index (χ4v) is 3.50. The Morgan fingerprint density at radius 2 is 1.79 bits per heavy atom. The largest absolute Gasteiger partial charge is 0.505 e. The molecule has 0 aliphatic carbocycles. The lowest BCUT2D eigenvalue weighted by Gasteiger charge is -2.20. The number of hydrogen-bond acceptors (Lipinski definition) is 4. The third-order valence-electron chi connectivity index (χ3n) is 5.40. The van der Waals surface area contributed by atoms with Crippen molar-refractivity contribution < 1.29 is 24.2 Å². The first-order valence-electron chi connectivity index (χ1n) is 10.1. The van der Waals surface area contributed by atoms with E-state index in [4.69, 9.17) is 0 Å². The van der Waals surface area contributed by atoms with Crippen molar-refractivity contribution in [3.05, 3.63) is 81.5 Å². The smallest absolute Gasteiger partial charge is 0.319 e. The summed E-state index contributed by atoms with van der Waals surface area (Å²) in [7, 11) is 1.49. The third kappa shape index (κ3) is 5.20. The Morgan fingerprint density at radius 1 is 1.09 bits per heavy atom. The lowest BCUT2D eigenvalue weighted by atomic mass is 9.95. The van der Waals surface area contributed by atoms with Crippen molar-refractivity contribution >= 4 is 17.7 Å². The number of nitrogens with zero attached hydrogens (tertiary/aromatic N) is 1. The van der Waals surface area contributed by atoms with Gasteiger partial charge in [0.05, 0.1) is 12.5 Å². The van der Waals surface area contributed by atoms with Gasteiger partial charge in [0.2, 0.25) is 0 Å². The van der Waals surface area contributed by atoms with E-state index in [2.05, 4.69) is 10.6 Å². The van der Waals surface area contributed by atoms with Crippen molar-refractivity contribution in [3.63, 3.8) is 0 Å². The number of benzene rings is 2. The van der Waals surface area contributed by atoms with Crippen molar-refractivity contribution in [2.45, 2.75) is 26.3 Å². The highest BCUT2D eigenvalue weighted by Gasteiger charge is 2.22. The van der Waals surface area contributed by atoms with E-state index in [1.807, 2.05) is 19.1 Å². The quantitative estimate of drug-likeness (QED) is 0.452. The number of aromatic nitrogens is 1. The second kappa shape index (κ2) is 9.56. The number of anilines is 1. The number of amides is 2. The van der Waals surface area contributed by atoms with E-state index in [0.717, 1.165) is 5.56 Å². The summed E-state index contributed by atoms with van der Waals surface area (Å²) in [6.45, 7) is 3.45. The van der Waals surface area contributed by atoms with Crippen LogP contribution >= 0.6 is 0 Å². The summed E-state index contributed by atoms with van der Waals surface area (Å²) in [5.41, 5.74) is 1.64. The zero-order valence-electron chi connectivity index (χ0n) is 18.3. The van der Waals surface area contributed by atoms with Crippen LogP contribution in [0.25, 0.3) is 11.1 Å². The van der Waals surface area contributed by atoms with E-state index >= 15 is 0 Å². The number of urea groups is 1. The molecule has 2 aromatic carbocycles. The fraction of sp³-hybridized carbons (Fsp3) is 0.208. The first-order valence-corrected chi connectivity index (χ1v) is 10.1. The SMILES string of the molecule is Cc1ccccc1-c1cc([C@H](CC(=O)O)NC(=O)Nc2c(O)cc(C)n(C)c2=O)ccc1F. The lowest BCUT2D eigenvalue weighted by Crippen LogP contribution is -2.36. The zero-order chi connectivity index (χ0) is 24.3. The molecule has 2 amide bonds. The fourth-order valence-electron chi connectivity index (χ4n) is 3.50.